The molecule has 1 amide bonds. The molecule has 0 aliphatic carbocycles. The predicted molar refractivity (Wildman–Crippen MR) is 50.6 cm³/mol. The van der Waals surface area contributed by atoms with Gasteiger partial charge in [0.1, 0.15) is 12.4 Å². The molecule has 0 aromatic rings. The third-order valence-corrected chi connectivity index (χ3v) is 2.35. The number of nitrogens with zero attached hydrogens (tertiary/aromatic N) is 2. The van der Waals surface area contributed by atoms with Crippen molar-refractivity contribution in [3.05, 3.63) is 11.5 Å². The first-order valence-corrected chi connectivity index (χ1v) is 4.64. The van der Waals surface area contributed by atoms with Crippen LogP contribution >= 0.6 is 0 Å². The zero-order chi connectivity index (χ0) is 10.8. The Morgan fingerprint density at radius 2 is 2.40 bits per heavy atom. The van der Waals surface area contributed by atoms with Gasteiger partial charge in [-0.1, -0.05) is 0 Å². The standard InChI is InChI=1S/C8H14N4O3/c1-11-5-15-14-3-6-8(11)10-4-12(6)2-7(9)13/h10H,2-5H2,1H3,(H2,9,13). The second-order valence-corrected chi connectivity index (χ2v) is 3.50. The van der Waals surface area contributed by atoms with Gasteiger partial charge in [-0.15, -0.1) is 0 Å². The first kappa shape index (κ1) is 10.1. The normalized spacial score (nSPS) is 21.1. The van der Waals surface area contributed by atoms with E-state index in [1.165, 1.54) is 0 Å². The monoisotopic (exact) mass is 214 g/mol. The molecule has 0 spiro atoms. The minimum atomic E-state index is -0.363. The molecule has 0 fully saturated rings. The topological polar surface area (TPSA) is 80.1 Å². The van der Waals surface area contributed by atoms with E-state index in [2.05, 4.69) is 5.32 Å². The zero-order valence-electron chi connectivity index (χ0n) is 8.52. The second-order valence-electron chi connectivity index (χ2n) is 3.50. The Labute approximate surface area is 87.3 Å². The number of carbonyl (C=O) groups excluding carboxylic acids is 1. The first-order chi connectivity index (χ1) is 7.18. The maximum atomic E-state index is 10.8. The van der Waals surface area contributed by atoms with E-state index in [0.29, 0.717) is 20.0 Å². The minimum absolute atomic E-state index is 0.184. The summed E-state index contributed by atoms with van der Waals surface area (Å²) in [6.45, 7) is 1.43. The number of amides is 1. The fourth-order valence-electron chi connectivity index (χ4n) is 1.65. The van der Waals surface area contributed by atoms with E-state index >= 15 is 0 Å². The number of hydrogen-bond donors (Lipinski definition) is 2. The molecule has 2 heterocycles. The van der Waals surface area contributed by atoms with Crippen LogP contribution in [0.4, 0.5) is 0 Å². The largest absolute Gasteiger partial charge is 0.368 e. The van der Waals surface area contributed by atoms with Gasteiger partial charge in [-0.25, -0.2) is 9.78 Å². The Kier molecular flexibility index (Phi) is 2.65. The fourth-order valence-corrected chi connectivity index (χ4v) is 1.65. The van der Waals surface area contributed by atoms with Crippen LogP contribution in [0.25, 0.3) is 0 Å². The van der Waals surface area contributed by atoms with Crippen molar-refractivity contribution in [1.29, 1.82) is 0 Å². The molecule has 0 saturated heterocycles. The summed E-state index contributed by atoms with van der Waals surface area (Å²) < 4.78 is 0. The number of nitrogens with one attached hydrogen (secondary N) is 1. The number of rotatable bonds is 2. The molecule has 0 bridgehead atoms. The van der Waals surface area contributed by atoms with Crippen LogP contribution in [0.15, 0.2) is 11.5 Å². The van der Waals surface area contributed by atoms with Crippen molar-refractivity contribution < 1.29 is 14.6 Å². The van der Waals surface area contributed by atoms with Crippen molar-refractivity contribution in [3.63, 3.8) is 0 Å². The van der Waals surface area contributed by atoms with E-state index in [1.807, 2.05) is 16.8 Å². The Balaban J connectivity index is 2.14. The molecule has 2 aliphatic rings. The number of hydrogen-bond acceptors (Lipinski definition) is 6. The molecule has 15 heavy (non-hydrogen) atoms. The zero-order valence-corrected chi connectivity index (χ0v) is 8.52. The molecule has 3 N–H and O–H groups in total. The van der Waals surface area contributed by atoms with Crippen LogP contribution in [0.1, 0.15) is 0 Å². The molecule has 0 unspecified atom stereocenters. The molecule has 0 saturated carbocycles. The summed E-state index contributed by atoms with van der Waals surface area (Å²) in [5.41, 5.74) is 6.05. The third kappa shape index (κ3) is 1.97. The van der Waals surface area contributed by atoms with E-state index in [0.717, 1.165) is 11.5 Å². The fraction of sp³-hybridized carbons (Fsp3) is 0.625. The summed E-state index contributed by atoms with van der Waals surface area (Å²) in [6.07, 6.45) is 0. The highest BCUT2D eigenvalue weighted by molar-refractivity contribution is 5.76. The van der Waals surface area contributed by atoms with Gasteiger partial charge < -0.3 is 20.9 Å². The van der Waals surface area contributed by atoms with Gasteiger partial charge in [-0.3, -0.25) is 4.79 Å². The summed E-state index contributed by atoms with van der Waals surface area (Å²) in [7, 11) is 1.88. The van der Waals surface area contributed by atoms with Crippen molar-refractivity contribution in [2.24, 2.45) is 5.73 Å². The van der Waals surface area contributed by atoms with Crippen molar-refractivity contribution in [3.8, 4) is 0 Å². The smallest absolute Gasteiger partial charge is 0.237 e. The molecular formula is C8H14N4O3. The van der Waals surface area contributed by atoms with E-state index in [1.54, 1.807) is 0 Å². The molecule has 84 valence electrons. The number of nitrogens with two attached hydrogens (primary N) is 1. The molecular weight excluding hydrogens is 200 g/mol. The molecule has 0 atom stereocenters. The highest BCUT2D eigenvalue weighted by atomic mass is 17.2. The lowest BCUT2D eigenvalue weighted by Gasteiger charge is -2.17. The van der Waals surface area contributed by atoms with Gasteiger partial charge in [0.2, 0.25) is 5.91 Å². The van der Waals surface area contributed by atoms with Gasteiger partial charge in [-0.05, 0) is 0 Å². The van der Waals surface area contributed by atoms with E-state index in [-0.39, 0.29) is 12.5 Å². The van der Waals surface area contributed by atoms with Crippen LogP contribution < -0.4 is 11.1 Å². The second kappa shape index (κ2) is 3.95. The van der Waals surface area contributed by atoms with Crippen LogP contribution in [-0.2, 0) is 14.6 Å². The molecule has 2 aliphatic heterocycles. The van der Waals surface area contributed by atoms with E-state index in [4.69, 9.17) is 15.5 Å². The summed E-state index contributed by atoms with van der Waals surface area (Å²) >= 11 is 0. The maximum absolute atomic E-state index is 10.8. The molecule has 0 radical (unpaired) electrons. The molecule has 7 heteroatoms. The van der Waals surface area contributed by atoms with Crippen LogP contribution in [-0.4, -0.2) is 49.3 Å². The van der Waals surface area contributed by atoms with Gasteiger partial charge in [0.25, 0.3) is 0 Å². The maximum Gasteiger partial charge on any atom is 0.237 e. The first-order valence-electron chi connectivity index (χ1n) is 4.64. The van der Waals surface area contributed by atoms with Crippen molar-refractivity contribution >= 4 is 5.91 Å². The van der Waals surface area contributed by atoms with Crippen molar-refractivity contribution in [2.45, 2.75) is 0 Å². The lowest BCUT2D eigenvalue weighted by atomic mass is 10.4. The number of carbonyl (C=O) groups is 1. The van der Waals surface area contributed by atoms with Crippen molar-refractivity contribution in [2.75, 3.05) is 33.6 Å². The molecule has 7 nitrogen and oxygen atoms in total. The van der Waals surface area contributed by atoms with Gasteiger partial charge in [0, 0.05) is 7.05 Å². The lowest BCUT2D eigenvalue weighted by molar-refractivity contribution is -0.302. The average Bonchev–Trinajstić information content (AvgIpc) is 2.45. The minimum Gasteiger partial charge on any atom is -0.368 e. The average molecular weight is 214 g/mol. The SMILES string of the molecule is CN1COOCC2=C1NCN2CC(N)=O. The lowest BCUT2D eigenvalue weighted by Crippen LogP contribution is -2.34. The highest BCUT2D eigenvalue weighted by Gasteiger charge is 2.27. The van der Waals surface area contributed by atoms with Crippen LogP contribution in [0.5, 0.6) is 0 Å². The van der Waals surface area contributed by atoms with Crippen LogP contribution in [0.2, 0.25) is 0 Å². The molecule has 0 aromatic carbocycles. The Hall–Kier alpha value is -1.47. The Morgan fingerprint density at radius 3 is 3.13 bits per heavy atom. The summed E-state index contributed by atoms with van der Waals surface area (Å²) in [6, 6.07) is 0. The van der Waals surface area contributed by atoms with Gasteiger partial charge in [-0.2, -0.15) is 0 Å². The van der Waals surface area contributed by atoms with Gasteiger partial charge in [0.05, 0.1) is 18.9 Å². The third-order valence-electron chi connectivity index (χ3n) is 2.35. The summed E-state index contributed by atoms with van der Waals surface area (Å²) in [4.78, 5) is 24.4. The van der Waals surface area contributed by atoms with E-state index < -0.39 is 0 Å². The van der Waals surface area contributed by atoms with Crippen molar-refractivity contribution in [1.82, 2.24) is 15.1 Å². The summed E-state index contributed by atoms with van der Waals surface area (Å²) in [5, 5.41) is 3.17. The highest BCUT2D eigenvalue weighted by Crippen LogP contribution is 2.19. The van der Waals surface area contributed by atoms with E-state index in [9.17, 15) is 4.79 Å². The predicted octanol–water partition coefficient (Wildman–Crippen LogP) is -1.65. The van der Waals surface area contributed by atoms with Gasteiger partial charge in [0.15, 0.2) is 6.73 Å². The van der Waals surface area contributed by atoms with Crippen LogP contribution in [0, 0.1) is 0 Å². The number of primary amides is 1. The Bertz CT molecular complexity index is 304. The quantitative estimate of drug-likeness (QED) is 0.536. The summed E-state index contributed by atoms with van der Waals surface area (Å²) in [5.74, 6) is 0.562. The van der Waals surface area contributed by atoms with Crippen LogP contribution in [0.3, 0.4) is 0 Å². The van der Waals surface area contributed by atoms with Gasteiger partial charge >= 0.3 is 0 Å². The Morgan fingerprint density at radius 1 is 1.60 bits per heavy atom. The molecule has 0 aromatic heterocycles. The molecule has 2 rings (SSSR count).